The molecule has 0 bridgehead atoms. The lowest BCUT2D eigenvalue weighted by atomic mass is 9.79. The maximum Gasteiger partial charge on any atom is 0.336 e. The fourth-order valence-corrected chi connectivity index (χ4v) is 3.48. The van der Waals surface area contributed by atoms with Gasteiger partial charge in [-0.15, -0.1) is 0 Å². The van der Waals surface area contributed by atoms with Gasteiger partial charge in [-0.25, -0.2) is 9.59 Å². The second-order valence-electron chi connectivity index (χ2n) is 7.24. The molecule has 0 saturated carbocycles. The first kappa shape index (κ1) is 23.1. The van der Waals surface area contributed by atoms with Crippen LogP contribution in [0.1, 0.15) is 31.7 Å². The van der Waals surface area contributed by atoms with E-state index in [0.717, 1.165) is 6.54 Å². The smallest absolute Gasteiger partial charge is 0.336 e. The number of para-hydroxylation sites is 1. The van der Waals surface area contributed by atoms with Gasteiger partial charge in [0.2, 0.25) is 0 Å². The van der Waals surface area contributed by atoms with Crippen LogP contribution in [0.25, 0.3) is 0 Å². The normalized spacial score (nSPS) is 16.4. The van der Waals surface area contributed by atoms with E-state index in [1.165, 1.54) is 25.3 Å². The van der Waals surface area contributed by atoms with Crippen molar-refractivity contribution >= 4 is 17.6 Å². The number of benzene rings is 1. The standard InChI is InChI=1S/C21H27N3O6/c1-13-17(20(25)29-5)19(15-9-6-7-10-16(15)24(27)28)18(14(2)22-13)21(26)30-12-8-11-23(3)4/h6-7,9-10,19,22H,8,11-12H2,1-5H3. The third kappa shape index (κ3) is 5.04. The van der Waals surface area contributed by atoms with E-state index in [9.17, 15) is 19.7 Å². The Kier molecular flexibility index (Phi) is 7.71. The van der Waals surface area contributed by atoms with Gasteiger partial charge in [-0.1, -0.05) is 18.2 Å². The van der Waals surface area contributed by atoms with Gasteiger partial charge in [-0.05, 0) is 34.4 Å². The molecule has 0 aliphatic carbocycles. The topological polar surface area (TPSA) is 111 Å². The molecule has 0 aromatic heterocycles. The summed E-state index contributed by atoms with van der Waals surface area (Å²) in [5, 5.41) is 14.7. The largest absolute Gasteiger partial charge is 0.466 e. The minimum atomic E-state index is -0.985. The Balaban J connectivity index is 2.53. The van der Waals surface area contributed by atoms with Gasteiger partial charge in [-0.2, -0.15) is 0 Å². The van der Waals surface area contributed by atoms with Gasteiger partial charge >= 0.3 is 11.9 Å². The van der Waals surface area contributed by atoms with Crippen LogP contribution in [-0.2, 0) is 19.1 Å². The van der Waals surface area contributed by atoms with Crippen molar-refractivity contribution in [3.05, 3.63) is 62.5 Å². The van der Waals surface area contributed by atoms with Crippen LogP contribution in [0.3, 0.4) is 0 Å². The number of methoxy groups -OCH3 is 1. The zero-order valence-electron chi connectivity index (χ0n) is 17.9. The lowest BCUT2D eigenvalue weighted by Gasteiger charge is -2.30. The summed E-state index contributed by atoms with van der Waals surface area (Å²) in [4.78, 5) is 38.7. The average molecular weight is 417 g/mol. The van der Waals surface area contributed by atoms with Crippen molar-refractivity contribution in [3.8, 4) is 0 Å². The van der Waals surface area contributed by atoms with Crippen LogP contribution in [0.2, 0.25) is 0 Å². The number of nitrogens with one attached hydrogen (secondary N) is 1. The van der Waals surface area contributed by atoms with Crippen LogP contribution in [0, 0.1) is 10.1 Å². The number of hydrogen-bond donors (Lipinski definition) is 1. The highest BCUT2D eigenvalue weighted by atomic mass is 16.6. The van der Waals surface area contributed by atoms with Crippen molar-refractivity contribution in [3.63, 3.8) is 0 Å². The SMILES string of the molecule is COC(=O)C1=C(C)NC(C)=C(C(=O)OCCCN(C)C)C1c1ccccc1[N+](=O)[O-]. The van der Waals surface area contributed by atoms with Gasteiger partial charge in [-0.3, -0.25) is 10.1 Å². The molecule has 1 aromatic rings. The summed E-state index contributed by atoms with van der Waals surface area (Å²) in [6.07, 6.45) is 0.632. The highest BCUT2D eigenvalue weighted by Crippen LogP contribution is 2.42. The van der Waals surface area contributed by atoms with Gasteiger partial charge in [0.05, 0.1) is 35.7 Å². The first-order valence-corrected chi connectivity index (χ1v) is 9.51. The Morgan fingerprint density at radius 3 is 2.30 bits per heavy atom. The molecule has 1 atom stereocenters. The lowest BCUT2D eigenvalue weighted by molar-refractivity contribution is -0.385. The predicted octanol–water partition coefficient (Wildman–Crippen LogP) is 2.50. The van der Waals surface area contributed by atoms with E-state index in [1.54, 1.807) is 19.9 Å². The van der Waals surface area contributed by atoms with Crippen molar-refractivity contribution in [2.45, 2.75) is 26.2 Å². The summed E-state index contributed by atoms with van der Waals surface area (Å²) in [5.74, 6) is -2.29. The van der Waals surface area contributed by atoms with Crippen LogP contribution in [0.15, 0.2) is 46.8 Å². The molecule has 2 rings (SSSR count). The zero-order valence-corrected chi connectivity index (χ0v) is 17.9. The maximum absolute atomic E-state index is 13.0. The van der Waals surface area contributed by atoms with Gasteiger partial charge in [0, 0.05) is 29.6 Å². The summed E-state index contributed by atoms with van der Waals surface area (Å²) < 4.78 is 10.4. The van der Waals surface area contributed by atoms with E-state index in [4.69, 9.17) is 9.47 Å². The van der Waals surface area contributed by atoms with Gasteiger partial charge in [0.1, 0.15) is 0 Å². The van der Waals surface area contributed by atoms with Crippen molar-refractivity contribution < 1.29 is 24.0 Å². The molecular weight excluding hydrogens is 390 g/mol. The minimum Gasteiger partial charge on any atom is -0.466 e. The van der Waals surface area contributed by atoms with Crippen molar-refractivity contribution in [2.75, 3.05) is 34.4 Å². The molecule has 0 radical (unpaired) electrons. The van der Waals surface area contributed by atoms with Crippen molar-refractivity contribution in [1.29, 1.82) is 0 Å². The molecule has 1 heterocycles. The molecule has 1 aliphatic heterocycles. The van der Waals surface area contributed by atoms with E-state index >= 15 is 0 Å². The molecule has 0 spiro atoms. The third-order valence-corrected chi connectivity index (χ3v) is 4.81. The molecule has 162 valence electrons. The lowest BCUT2D eigenvalue weighted by Crippen LogP contribution is -2.32. The first-order valence-electron chi connectivity index (χ1n) is 9.51. The Hall–Kier alpha value is -3.20. The highest BCUT2D eigenvalue weighted by Gasteiger charge is 2.40. The molecule has 0 fully saturated rings. The van der Waals surface area contributed by atoms with Crippen LogP contribution in [0.4, 0.5) is 5.69 Å². The van der Waals surface area contributed by atoms with Crippen LogP contribution in [-0.4, -0.2) is 56.1 Å². The van der Waals surface area contributed by atoms with Crippen LogP contribution >= 0.6 is 0 Å². The third-order valence-electron chi connectivity index (χ3n) is 4.81. The predicted molar refractivity (Wildman–Crippen MR) is 111 cm³/mol. The highest BCUT2D eigenvalue weighted by molar-refractivity contribution is 6.00. The summed E-state index contributed by atoms with van der Waals surface area (Å²) in [6, 6.07) is 6.05. The minimum absolute atomic E-state index is 0.137. The molecule has 30 heavy (non-hydrogen) atoms. The van der Waals surface area contributed by atoms with E-state index in [-0.39, 0.29) is 29.0 Å². The molecule has 0 amide bonds. The number of carbonyl (C=O) groups excluding carboxylic acids is 2. The van der Waals surface area contributed by atoms with E-state index in [0.29, 0.717) is 17.8 Å². The van der Waals surface area contributed by atoms with Crippen molar-refractivity contribution in [2.24, 2.45) is 0 Å². The molecule has 9 heteroatoms. The van der Waals surface area contributed by atoms with Gasteiger partial charge in [0.25, 0.3) is 5.69 Å². The number of ether oxygens (including phenoxy) is 2. The number of nitro groups is 1. The molecule has 1 aromatic carbocycles. The zero-order chi connectivity index (χ0) is 22.4. The fraction of sp³-hybridized carbons (Fsp3) is 0.429. The number of dihydropyridines is 1. The number of nitro benzene ring substituents is 1. The average Bonchev–Trinajstić information content (AvgIpc) is 2.69. The fourth-order valence-electron chi connectivity index (χ4n) is 3.48. The second kappa shape index (κ2) is 10.0. The molecule has 9 nitrogen and oxygen atoms in total. The van der Waals surface area contributed by atoms with Crippen LogP contribution < -0.4 is 5.32 Å². The molecule has 1 N–H and O–H groups in total. The van der Waals surface area contributed by atoms with E-state index in [2.05, 4.69) is 5.32 Å². The first-order chi connectivity index (χ1) is 14.2. The number of allylic oxidation sites excluding steroid dienone is 2. The number of hydrogen-bond acceptors (Lipinski definition) is 8. The van der Waals surface area contributed by atoms with E-state index < -0.39 is 22.8 Å². The van der Waals surface area contributed by atoms with E-state index in [1.807, 2.05) is 19.0 Å². The Labute approximate surface area is 175 Å². The number of carbonyl (C=O) groups is 2. The molecule has 0 saturated heterocycles. The van der Waals surface area contributed by atoms with Gasteiger partial charge in [0.15, 0.2) is 0 Å². The summed E-state index contributed by atoms with van der Waals surface area (Å²) in [5.41, 5.74) is 1.26. The van der Waals surface area contributed by atoms with Crippen LogP contribution in [0.5, 0.6) is 0 Å². The maximum atomic E-state index is 13.0. The number of esters is 2. The van der Waals surface area contributed by atoms with Gasteiger partial charge < -0.3 is 19.7 Å². The summed E-state index contributed by atoms with van der Waals surface area (Å²) in [7, 11) is 5.06. The molecule has 1 aliphatic rings. The number of nitrogens with zero attached hydrogens (tertiary/aromatic N) is 2. The Bertz CT molecular complexity index is 904. The monoisotopic (exact) mass is 417 g/mol. The Morgan fingerprint density at radius 2 is 1.73 bits per heavy atom. The molecule has 1 unspecified atom stereocenters. The summed E-state index contributed by atoms with van der Waals surface area (Å²) >= 11 is 0. The number of rotatable bonds is 8. The quantitative estimate of drug-likeness (QED) is 0.297. The molecular formula is C21H27N3O6. The summed E-state index contributed by atoms with van der Waals surface area (Å²) in [6.45, 7) is 4.27. The second-order valence-corrected chi connectivity index (χ2v) is 7.24. The Morgan fingerprint density at radius 1 is 1.13 bits per heavy atom. The van der Waals surface area contributed by atoms with Crippen molar-refractivity contribution in [1.82, 2.24) is 10.2 Å².